The minimum absolute atomic E-state index is 0.0396. The van der Waals surface area contributed by atoms with Gasteiger partial charge in [-0.05, 0) is 40.8 Å². The minimum Gasteiger partial charge on any atom is -0.378 e. The van der Waals surface area contributed by atoms with Crippen molar-refractivity contribution in [2.24, 2.45) is 0 Å². The number of nitrogens with two attached hydrogens (primary N) is 1. The molecule has 1 aromatic heterocycles. The molecule has 0 unspecified atom stereocenters. The second-order valence-electron chi connectivity index (χ2n) is 3.46. The fraction of sp³-hybridized carbons (Fsp3) is 0. The Kier molecular flexibility index (Phi) is 4.00. The molecule has 0 spiro atoms. The number of halogens is 2. The van der Waals surface area contributed by atoms with Gasteiger partial charge in [-0.3, -0.25) is 10.1 Å². The van der Waals surface area contributed by atoms with Crippen LogP contribution in [0.4, 0.5) is 23.0 Å². The quantitative estimate of drug-likeness (QED) is 0.473. The van der Waals surface area contributed by atoms with Crippen molar-refractivity contribution < 1.29 is 4.92 Å². The zero-order chi connectivity index (χ0) is 14.0. The first-order chi connectivity index (χ1) is 8.99. The van der Waals surface area contributed by atoms with Crippen LogP contribution in [0.1, 0.15) is 0 Å². The van der Waals surface area contributed by atoms with E-state index < -0.39 is 4.92 Å². The van der Waals surface area contributed by atoms with Crippen molar-refractivity contribution in [1.82, 2.24) is 9.97 Å². The molecular weight excluding hydrogens is 385 g/mol. The number of anilines is 3. The Morgan fingerprint density at radius 2 is 2.16 bits per heavy atom. The van der Waals surface area contributed by atoms with Gasteiger partial charge >= 0.3 is 5.69 Å². The second-order valence-corrected chi connectivity index (χ2v) is 5.06. The van der Waals surface area contributed by atoms with Crippen LogP contribution in [0.15, 0.2) is 24.5 Å². The zero-order valence-corrected chi connectivity index (χ0v) is 12.2. The molecule has 0 aliphatic rings. The van der Waals surface area contributed by atoms with Crippen LogP contribution in [-0.2, 0) is 0 Å². The number of nitrogen functional groups attached to an aromatic ring is 1. The van der Waals surface area contributed by atoms with Gasteiger partial charge in [0.1, 0.15) is 6.33 Å². The number of benzene rings is 1. The Morgan fingerprint density at radius 3 is 2.79 bits per heavy atom. The van der Waals surface area contributed by atoms with Crippen LogP contribution < -0.4 is 11.1 Å². The zero-order valence-electron chi connectivity index (χ0n) is 9.30. The maximum Gasteiger partial charge on any atom is 0.353 e. The van der Waals surface area contributed by atoms with Crippen molar-refractivity contribution >= 4 is 57.2 Å². The van der Waals surface area contributed by atoms with Crippen LogP contribution in [0.25, 0.3) is 0 Å². The van der Waals surface area contributed by atoms with Crippen molar-refractivity contribution in [3.05, 3.63) is 43.2 Å². The van der Waals surface area contributed by atoms with Crippen molar-refractivity contribution in [2.45, 2.75) is 0 Å². The largest absolute Gasteiger partial charge is 0.378 e. The SMILES string of the molecule is Nc1ncnc(Nc2ccc(Cl)cc2I)c1[N+](=O)[O-]. The summed E-state index contributed by atoms with van der Waals surface area (Å²) in [6.45, 7) is 0. The van der Waals surface area contributed by atoms with Gasteiger partial charge in [0.05, 0.1) is 10.6 Å². The maximum absolute atomic E-state index is 11.0. The molecule has 0 saturated heterocycles. The molecule has 19 heavy (non-hydrogen) atoms. The monoisotopic (exact) mass is 391 g/mol. The van der Waals surface area contributed by atoms with Crippen LogP contribution >= 0.6 is 34.2 Å². The van der Waals surface area contributed by atoms with Gasteiger partial charge in [-0.2, -0.15) is 0 Å². The summed E-state index contributed by atoms with van der Waals surface area (Å²) in [5, 5.41) is 14.4. The van der Waals surface area contributed by atoms with E-state index in [1.165, 1.54) is 0 Å². The Morgan fingerprint density at radius 1 is 1.42 bits per heavy atom. The van der Waals surface area contributed by atoms with E-state index >= 15 is 0 Å². The van der Waals surface area contributed by atoms with Crippen LogP contribution in [0, 0.1) is 13.7 Å². The summed E-state index contributed by atoms with van der Waals surface area (Å²) in [6.07, 6.45) is 1.16. The first kappa shape index (κ1) is 13.7. The van der Waals surface area contributed by atoms with Gasteiger partial charge in [0.25, 0.3) is 0 Å². The maximum atomic E-state index is 11.0. The van der Waals surface area contributed by atoms with Gasteiger partial charge in [0.15, 0.2) is 0 Å². The minimum atomic E-state index is -0.625. The fourth-order valence-electron chi connectivity index (χ4n) is 1.38. The molecule has 0 aliphatic heterocycles. The second kappa shape index (κ2) is 5.53. The number of hydrogen-bond donors (Lipinski definition) is 2. The molecule has 2 rings (SSSR count). The molecule has 2 aromatic rings. The molecule has 3 N–H and O–H groups in total. The summed E-state index contributed by atoms with van der Waals surface area (Å²) in [5.74, 6) is -0.149. The van der Waals surface area contributed by atoms with E-state index in [0.717, 1.165) is 9.90 Å². The lowest BCUT2D eigenvalue weighted by Crippen LogP contribution is -2.05. The van der Waals surface area contributed by atoms with Crippen LogP contribution in [-0.4, -0.2) is 14.9 Å². The predicted molar refractivity (Wildman–Crippen MR) is 80.6 cm³/mol. The molecular formula is C10H7ClIN5O2. The molecule has 0 atom stereocenters. The summed E-state index contributed by atoms with van der Waals surface area (Å²) < 4.78 is 0.802. The van der Waals surface area contributed by atoms with Crippen molar-refractivity contribution in [3.63, 3.8) is 0 Å². The highest BCUT2D eigenvalue weighted by Gasteiger charge is 2.21. The highest BCUT2D eigenvalue weighted by atomic mass is 127. The number of nitrogens with zero attached hydrogens (tertiary/aromatic N) is 3. The third kappa shape index (κ3) is 3.01. The Labute approximate surface area is 126 Å². The fourth-order valence-corrected chi connectivity index (χ4v) is 2.39. The highest BCUT2D eigenvalue weighted by Crippen LogP contribution is 2.31. The molecule has 0 aliphatic carbocycles. The van der Waals surface area contributed by atoms with E-state index in [-0.39, 0.29) is 17.3 Å². The highest BCUT2D eigenvalue weighted by molar-refractivity contribution is 14.1. The van der Waals surface area contributed by atoms with E-state index in [1.807, 2.05) is 0 Å². The van der Waals surface area contributed by atoms with E-state index in [2.05, 4.69) is 37.9 Å². The lowest BCUT2D eigenvalue weighted by Gasteiger charge is -2.08. The topological polar surface area (TPSA) is 107 Å². The van der Waals surface area contributed by atoms with Crippen LogP contribution in [0.2, 0.25) is 5.02 Å². The van der Waals surface area contributed by atoms with E-state index in [4.69, 9.17) is 17.3 Å². The van der Waals surface area contributed by atoms with Gasteiger partial charge in [0, 0.05) is 8.59 Å². The smallest absolute Gasteiger partial charge is 0.353 e. The standard InChI is InChI=1S/C10H7ClIN5O2/c11-5-1-2-7(6(12)3-5)16-10-8(17(18)19)9(13)14-4-15-10/h1-4H,(H3,13,14,15,16). The number of rotatable bonds is 3. The number of nitrogens with one attached hydrogen (secondary N) is 1. The molecule has 0 radical (unpaired) electrons. The van der Waals surface area contributed by atoms with E-state index in [0.29, 0.717) is 10.7 Å². The van der Waals surface area contributed by atoms with Gasteiger partial charge in [-0.25, -0.2) is 9.97 Å². The summed E-state index contributed by atoms with van der Waals surface area (Å²) in [5.41, 5.74) is 5.77. The molecule has 9 heteroatoms. The van der Waals surface area contributed by atoms with Gasteiger partial charge in [-0.1, -0.05) is 11.6 Å². The summed E-state index contributed by atoms with van der Waals surface area (Å²) in [7, 11) is 0. The third-order valence-corrected chi connectivity index (χ3v) is 3.34. The molecule has 98 valence electrons. The first-order valence-electron chi connectivity index (χ1n) is 4.96. The molecule has 1 aromatic carbocycles. The van der Waals surface area contributed by atoms with Gasteiger partial charge in [-0.15, -0.1) is 0 Å². The number of nitro groups is 1. The average Bonchev–Trinajstić information content (AvgIpc) is 2.32. The number of hydrogen-bond acceptors (Lipinski definition) is 6. The molecule has 7 nitrogen and oxygen atoms in total. The Hall–Kier alpha value is -1.68. The van der Waals surface area contributed by atoms with Crippen LogP contribution in [0.5, 0.6) is 0 Å². The molecule has 0 fully saturated rings. The molecule has 1 heterocycles. The normalized spacial score (nSPS) is 10.2. The predicted octanol–water partition coefficient (Wildman–Crippen LogP) is 2.97. The van der Waals surface area contributed by atoms with E-state index in [1.54, 1.807) is 18.2 Å². The Balaban J connectivity index is 2.44. The lowest BCUT2D eigenvalue weighted by atomic mass is 10.3. The van der Waals surface area contributed by atoms with E-state index in [9.17, 15) is 10.1 Å². The molecule has 0 bridgehead atoms. The van der Waals surface area contributed by atoms with Crippen molar-refractivity contribution in [2.75, 3.05) is 11.1 Å². The summed E-state index contributed by atoms with van der Waals surface area (Å²) in [4.78, 5) is 17.8. The van der Waals surface area contributed by atoms with Crippen molar-refractivity contribution in [3.8, 4) is 0 Å². The number of aromatic nitrogens is 2. The van der Waals surface area contributed by atoms with Crippen molar-refractivity contribution in [1.29, 1.82) is 0 Å². The average molecular weight is 392 g/mol. The molecule has 0 saturated carbocycles. The lowest BCUT2D eigenvalue weighted by molar-refractivity contribution is -0.383. The van der Waals surface area contributed by atoms with Crippen LogP contribution in [0.3, 0.4) is 0 Å². The summed E-state index contributed by atoms with van der Waals surface area (Å²) in [6, 6.07) is 5.09. The third-order valence-electron chi connectivity index (χ3n) is 2.22. The first-order valence-corrected chi connectivity index (χ1v) is 6.41. The van der Waals surface area contributed by atoms with Gasteiger partial charge < -0.3 is 11.1 Å². The van der Waals surface area contributed by atoms with Gasteiger partial charge in [0.2, 0.25) is 11.6 Å². The molecule has 0 amide bonds. The Bertz CT molecular complexity index is 652. The summed E-state index contributed by atoms with van der Waals surface area (Å²) >= 11 is 7.90.